The molecule has 0 spiro atoms. The fourth-order valence-corrected chi connectivity index (χ4v) is 5.76. The van der Waals surface area contributed by atoms with Gasteiger partial charge < -0.3 is 5.32 Å². The van der Waals surface area contributed by atoms with Crippen molar-refractivity contribution in [3.05, 3.63) is 71.7 Å². The second kappa shape index (κ2) is 8.11. The highest BCUT2D eigenvalue weighted by molar-refractivity contribution is 5.90. The fourth-order valence-electron chi connectivity index (χ4n) is 5.76. The van der Waals surface area contributed by atoms with Crippen LogP contribution in [-0.4, -0.2) is 10.9 Å². The smallest absolute Gasteiger partial charge is 0.224 e. The summed E-state index contributed by atoms with van der Waals surface area (Å²) in [7, 11) is 0. The number of benzene rings is 2. The average molecular weight is 413 g/mol. The molecule has 4 nitrogen and oxygen atoms in total. The van der Waals surface area contributed by atoms with Crippen LogP contribution >= 0.6 is 0 Å². The number of rotatable bonds is 4. The van der Waals surface area contributed by atoms with E-state index in [-0.39, 0.29) is 11.7 Å². The van der Waals surface area contributed by atoms with Gasteiger partial charge in [0.15, 0.2) is 0 Å². The number of carbonyl (C=O) groups excluding carboxylic acids is 1. The van der Waals surface area contributed by atoms with E-state index in [1.165, 1.54) is 11.6 Å². The van der Waals surface area contributed by atoms with Crippen molar-refractivity contribution in [2.24, 2.45) is 17.8 Å². The second-order valence-corrected chi connectivity index (χ2v) is 9.03. The van der Waals surface area contributed by atoms with Gasteiger partial charge in [-0.05, 0) is 103 Å². The normalized spacial score (nSPS) is 24.6. The lowest BCUT2D eigenvalue weighted by Crippen LogP contribution is -2.15. The number of nitriles is 1. The van der Waals surface area contributed by atoms with Crippen molar-refractivity contribution in [2.75, 3.05) is 5.32 Å². The number of aromatic nitrogens is 1. The molecule has 0 radical (unpaired) electrons. The van der Waals surface area contributed by atoms with Gasteiger partial charge in [-0.2, -0.15) is 5.26 Å². The first-order valence-electron chi connectivity index (χ1n) is 10.9. The van der Waals surface area contributed by atoms with E-state index in [2.05, 4.69) is 22.4 Å². The third kappa shape index (κ3) is 4.03. The number of nitrogens with zero attached hydrogens (tertiary/aromatic N) is 2. The van der Waals surface area contributed by atoms with Gasteiger partial charge in [0.25, 0.3) is 0 Å². The molecule has 0 saturated heterocycles. The van der Waals surface area contributed by atoms with Crippen molar-refractivity contribution in [1.29, 1.82) is 5.26 Å². The zero-order valence-corrected chi connectivity index (χ0v) is 17.2. The highest BCUT2D eigenvalue weighted by atomic mass is 19.1. The van der Waals surface area contributed by atoms with Crippen molar-refractivity contribution in [2.45, 2.75) is 38.0 Å². The van der Waals surface area contributed by atoms with Gasteiger partial charge in [-0.15, -0.1) is 0 Å². The minimum Gasteiger partial charge on any atom is -0.326 e. The predicted molar refractivity (Wildman–Crippen MR) is 118 cm³/mol. The Bertz CT molecular complexity index is 1150. The summed E-state index contributed by atoms with van der Waals surface area (Å²) in [5.74, 6) is 1.95. The summed E-state index contributed by atoms with van der Waals surface area (Å²) >= 11 is 0. The standard InChI is InChI=1S/C26H24FN3O/c27-21-3-6-25-24(14-21)23(7-8-29-25)20-12-18-9-17(10-19(18)13-20)11-26(31)30-22-4-1-16(15-28)2-5-22/h1-8,14,17-20H,9-13H2,(H,30,31)/t17-,18+,19-,20-. The van der Waals surface area contributed by atoms with Gasteiger partial charge in [-0.25, -0.2) is 4.39 Å². The summed E-state index contributed by atoms with van der Waals surface area (Å²) in [6.07, 6.45) is 6.75. The number of pyridine rings is 1. The summed E-state index contributed by atoms with van der Waals surface area (Å²) in [6, 6.07) is 15.9. The van der Waals surface area contributed by atoms with E-state index < -0.39 is 0 Å². The van der Waals surface area contributed by atoms with Crippen LogP contribution < -0.4 is 5.32 Å². The van der Waals surface area contributed by atoms with Crippen LogP contribution in [0.5, 0.6) is 0 Å². The van der Waals surface area contributed by atoms with Gasteiger partial charge in [0, 0.05) is 23.7 Å². The molecule has 1 N–H and O–H groups in total. The van der Waals surface area contributed by atoms with E-state index >= 15 is 0 Å². The Morgan fingerprint density at radius 1 is 1.06 bits per heavy atom. The molecule has 0 aliphatic heterocycles. The van der Waals surface area contributed by atoms with Crippen LogP contribution in [0.25, 0.3) is 10.9 Å². The first-order chi connectivity index (χ1) is 15.1. The van der Waals surface area contributed by atoms with Crippen LogP contribution in [0.2, 0.25) is 0 Å². The summed E-state index contributed by atoms with van der Waals surface area (Å²) < 4.78 is 13.8. The first-order valence-corrected chi connectivity index (χ1v) is 10.9. The summed E-state index contributed by atoms with van der Waals surface area (Å²) in [6.45, 7) is 0. The molecule has 0 unspecified atom stereocenters. The van der Waals surface area contributed by atoms with Gasteiger partial charge in [-0.3, -0.25) is 9.78 Å². The summed E-state index contributed by atoms with van der Waals surface area (Å²) in [5, 5.41) is 12.8. The Hall–Kier alpha value is -3.26. The lowest BCUT2D eigenvalue weighted by molar-refractivity contribution is -0.117. The predicted octanol–water partition coefficient (Wildman–Crippen LogP) is 5.79. The van der Waals surface area contributed by atoms with Crippen LogP contribution in [0, 0.1) is 34.9 Å². The monoisotopic (exact) mass is 413 g/mol. The van der Waals surface area contributed by atoms with Crippen molar-refractivity contribution >= 4 is 22.5 Å². The molecule has 2 aliphatic carbocycles. The van der Waals surface area contributed by atoms with Gasteiger partial charge in [0.2, 0.25) is 5.91 Å². The maximum absolute atomic E-state index is 13.8. The third-order valence-corrected chi connectivity index (χ3v) is 7.06. The van der Waals surface area contributed by atoms with Gasteiger partial charge in [0.1, 0.15) is 5.82 Å². The molecule has 2 fully saturated rings. The van der Waals surface area contributed by atoms with Gasteiger partial charge in [-0.1, -0.05) is 0 Å². The molecule has 4 atom stereocenters. The molecular weight excluding hydrogens is 389 g/mol. The molecule has 0 bridgehead atoms. The van der Waals surface area contributed by atoms with Crippen molar-refractivity contribution in [1.82, 2.24) is 4.98 Å². The Morgan fingerprint density at radius 3 is 2.52 bits per heavy atom. The molecule has 2 saturated carbocycles. The van der Waals surface area contributed by atoms with Crippen molar-refractivity contribution in [3.8, 4) is 6.07 Å². The number of halogens is 1. The zero-order valence-electron chi connectivity index (χ0n) is 17.2. The number of anilines is 1. The molecule has 1 heterocycles. The number of amides is 1. The molecule has 3 aromatic rings. The molecule has 5 rings (SSSR count). The molecule has 5 heteroatoms. The second-order valence-electron chi connectivity index (χ2n) is 9.03. The van der Waals surface area contributed by atoms with Crippen molar-refractivity contribution in [3.63, 3.8) is 0 Å². The maximum atomic E-state index is 13.8. The Morgan fingerprint density at radius 2 is 1.81 bits per heavy atom. The topological polar surface area (TPSA) is 65.8 Å². The average Bonchev–Trinajstić information content (AvgIpc) is 3.32. The highest BCUT2D eigenvalue weighted by Crippen LogP contribution is 2.53. The summed E-state index contributed by atoms with van der Waals surface area (Å²) in [5.41, 5.74) is 3.39. The highest BCUT2D eigenvalue weighted by Gasteiger charge is 2.42. The number of carbonyl (C=O) groups is 1. The number of nitrogens with one attached hydrogen (secondary N) is 1. The molecule has 31 heavy (non-hydrogen) atoms. The summed E-state index contributed by atoms with van der Waals surface area (Å²) in [4.78, 5) is 16.9. The first kappa shape index (κ1) is 19.7. The number of hydrogen-bond acceptors (Lipinski definition) is 3. The molecule has 2 aromatic carbocycles. The Balaban J connectivity index is 1.20. The Kier molecular flexibility index (Phi) is 5.15. The molecule has 156 valence electrons. The van der Waals surface area contributed by atoms with Gasteiger partial charge in [0.05, 0.1) is 17.1 Å². The van der Waals surface area contributed by atoms with E-state index in [9.17, 15) is 9.18 Å². The third-order valence-electron chi connectivity index (χ3n) is 7.06. The van der Waals surface area contributed by atoms with E-state index in [1.54, 1.807) is 36.4 Å². The lowest BCUT2D eigenvalue weighted by Gasteiger charge is -2.17. The minimum absolute atomic E-state index is 0.0434. The minimum atomic E-state index is -0.215. The van der Waals surface area contributed by atoms with Gasteiger partial charge >= 0.3 is 0 Å². The Labute approximate surface area is 181 Å². The number of hydrogen-bond donors (Lipinski definition) is 1. The van der Waals surface area contributed by atoms with Crippen molar-refractivity contribution < 1.29 is 9.18 Å². The SMILES string of the molecule is N#Cc1ccc(NC(=O)C[C@H]2C[C@@H]3C[C@H](c4ccnc5ccc(F)cc45)C[C@@H]3C2)cc1. The van der Waals surface area contributed by atoms with Crippen LogP contribution in [0.1, 0.15) is 49.1 Å². The van der Waals surface area contributed by atoms with Crippen LogP contribution in [0.4, 0.5) is 10.1 Å². The van der Waals surface area contributed by atoms with E-state index in [4.69, 9.17) is 5.26 Å². The largest absolute Gasteiger partial charge is 0.326 e. The van der Waals surface area contributed by atoms with Crippen LogP contribution in [0.15, 0.2) is 54.7 Å². The maximum Gasteiger partial charge on any atom is 0.224 e. The molecular formula is C26H24FN3O. The molecule has 1 aromatic heterocycles. The van der Waals surface area contributed by atoms with E-state index in [0.29, 0.717) is 35.7 Å². The number of fused-ring (bicyclic) bond motifs is 2. The quantitative estimate of drug-likeness (QED) is 0.588. The fraction of sp³-hybridized carbons (Fsp3) is 0.346. The van der Waals surface area contributed by atoms with E-state index in [0.717, 1.165) is 42.3 Å². The molecule has 1 amide bonds. The van der Waals surface area contributed by atoms with E-state index in [1.807, 2.05) is 6.20 Å². The van der Waals surface area contributed by atoms with Crippen LogP contribution in [-0.2, 0) is 4.79 Å². The lowest BCUT2D eigenvalue weighted by atomic mass is 9.89. The molecule has 2 aliphatic rings. The zero-order chi connectivity index (χ0) is 21.4. The van der Waals surface area contributed by atoms with Crippen LogP contribution in [0.3, 0.4) is 0 Å².